The number of imidazole rings is 1. The maximum absolute atomic E-state index is 5.79. The zero-order valence-electron chi connectivity index (χ0n) is 11.6. The number of rotatable bonds is 1. The smallest absolute Gasteiger partial charge is 0.196 e. The van der Waals surface area contributed by atoms with Crippen molar-refractivity contribution in [2.24, 2.45) is 0 Å². The van der Waals surface area contributed by atoms with Crippen molar-refractivity contribution in [1.29, 1.82) is 0 Å². The summed E-state index contributed by atoms with van der Waals surface area (Å²) in [6.07, 6.45) is 1.90. The van der Waals surface area contributed by atoms with Gasteiger partial charge in [-0.2, -0.15) is 0 Å². The first-order valence-electron chi connectivity index (χ1n) is 6.29. The van der Waals surface area contributed by atoms with E-state index >= 15 is 0 Å². The highest BCUT2D eigenvalue weighted by Crippen LogP contribution is 2.34. The molecule has 1 aromatic carbocycles. The summed E-state index contributed by atoms with van der Waals surface area (Å²) in [5.41, 5.74) is 13.6. The van der Waals surface area contributed by atoms with Gasteiger partial charge in [0.25, 0.3) is 0 Å². The Labute approximate surface area is 116 Å². The number of fused-ring (bicyclic) bond motifs is 1. The lowest BCUT2D eigenvalue weighted by Crippen LogP contribution is -1.97. The molecule has 0 amide bonds. The Bertz CT molecular complexity index is 754. The van der Waals surface area contributed by atoms with E-state index in [2.05, 4.69) is 48.5 Å². The van der Waals surface area contributed by atoms with E-state index in [1.807, 2.05) is 6.20 Å². The molecule has 0 aliphatic rings. The van der Waals surface area contributed by atoms with Crippen molar-refractivity contribution < 1.29 is 0 Å². The molecule has 0 atom stereocenters. The number of nitrogens with zero attached hydrogens (tertiary/aromatic N) is 2. The van der Waals surface area contributed by atoms with Gasteiger partial charge in [0, 0.05) is 10.9 Å². The molecule has 19 heavy (non-hydrogen) atoms. The molecule has 4 heteroatoms. The maximum atomic E-state index is 5.79. The van der Waals surface area contributed by atoms with Gasteiger partial charge in [-0.1, -0.05) is 6.07 Å². The van der Waals surface area contributed by atoms with Crippen molar-refractivity contribution in [3.63, 3.8) is 0 Å². The third kappa shape index (κ3) is 1.75. The number of aromatic nitrogens is 2. The third-order valence-corrected chi connectivity index (χ3v) is 4.69. The molecule has 0 aliphatic heterocycles. The molecule has 0 bridgehead atoms. The Morgan fingerprint density at radius 3 is 2.37 bits per heavy atom. The summed E-state index contributed by atoms with van der Waals surface area (Å²) in [7, 11) is 0. The fraction of sp³-hybridized carbons (Fsp3) is 0.267. The zero-order valence-corrected chi connectivity index (χ0v) is 12.4. The van der Waals surface area contributed by atoms with Gasteiger partial charge in [-0.25, -0.2) is 4.98 Å². The van der Waals surface area contributed by atoms with Crippen LogP contribution in [0.5, 0.6) is 0 Å². The van der Waals surface area contributed by atoms with Gasteiger partial charge in [-0.15, -0.1) is 11.3 Å². The van der Waals surface area contributed by atoms with Crippen LogP contribution in [0.25, 0.3) is 16.2 Å². The largest absolute Gasteiger partial charge is 0.382 e. The normalized spacial score (nSPS) is 11.4. The van der Waals surface area contributed by atoms with Gasteiger partial charge < -0.3 is 5.73 Å². The first-order valence-corrected chi connectivity index (χ1v) is 7.17. The SMILES string of the molecule is Cc1cc(C)c(C)c(-c2csc3nc(N)cn23)c1C. The molecule has 0 saturated heterocycles. The molecule has 0 aliphatic carbocycles. The minimum absolute atomic E-state index is 0.577. The van der Waals surface area contributed by atoms with Crippen LogP contribution in [0.2, 0.25) is 0 Å². The van der Waals surface area contributed by atoms with Crippen molar-refractivity contribution in [2.75, 3.05) is 5.73 Å². The van der Waals surface area contributed by atoms with Crippen LogP contribution in [-0.2, 0) is 0 Å². The second kappa shape index (κ2) is 4.10. The van der Waals surface area contributed by atoms with Crippen LogP contribution in [0.3, 0.4) is 0 Å². The Hall–Kier alpha value is -1.81. The Kier molecular flexibility index (Phi) is 2.64. The molecule has 0 fully saturated rings. The quantitative estimate of drug-likeness (QED) is 0.730. The van der Waals surface area contributed by atoms with E-state index in [0.29, 0.717) is 5.82 Å². The van der Waals surface area contributed by atoms with E-state index in [9.17, 15) is 0 Å². The van der Waals surface area contributed by atoms with Crippen LogP contribution in [0, 0.1) is 27.7 Å². The highest BCUT2D eigenvalue weighted by Gasteiger charge is 2.15. The minimum atomic E-state index is 0.577. The van der Waals surface area contributed by atoms with E-state index in [-0.39, 0.29) is 0 Å². The van der Waals surface area contributed by atoms with Crippen molar-refractivity contribution in [2.45, 2.75) is 27.7 Å². The average Bonchev–Trinajstić information content (AvgIpc) is 2.87. The fourth-order valence-corrected chi connectivity index (χ4v) is 3.45. The number of nitrogen functional groups attached to an aromatic ring is 1. The first-order chi connectivity index (χ1) is 8.99. The van der Waals surface area contributed by atoms with Gasteiger partial charge in [0.2, 0.25) is 0 Å². The van der Waals surface area contributed by atoms with Crippen molar-refractivity contribution >= 4 is 22.1 Å². The topological polar surface area (TPSA) is 43.3 Å². The van der Waals surface area contributed by atoms with E-state index in [0.717, 1.165) is 4.96 Å². The molecule has 2 aromatic heterocycles. The predicted octanol–water partition coefficient (Wildman–Crippen LogP) is 3.88. The van der Waals surface area contributed by atoms with Crippen LogP contribution in [-0.4, -0.2) is 9.38 Å². The molecule has 0 unspecified atom stereocenters. The van der Waals surface area contributed by atoms with E-state index in [1.54, 1.807) is 11.3 Å². The molecule has 2 heterocycles. The molecule has 0 radical (unpaired) electrons. The second-order valence-electron chi connectivity index (χ2n) is 5.07. The average molecular weight is 271 g/mol. The van der Waals surface area contributed by atoms with Gasteiger partial charge in [0.1, 0.15) is 5.82 Å². The van der Waals surface area contributed by atoms with Crippen molar-refractivity contribution in [1.82, 2.24) is 9.38 Å². The minimum Gasteiger partial charge on any atom is -0.382 e. The van der Waals surface area contributed by atoms with Gasteiger partial charge in [0.05, 0.1) is 11.9 Å². The summed E-state index contributed by atoms with van der Waals surface area (Å²) in [4.78, 5) is 5.27. The summed E-state index contributed by atoms with van der Waals surface area (Å²) in [5, 5.41) is 2.16. The molecular formula is C15H17N3S. The lowest BCUT2D eigenvalue weighted by atomic mass is 9.93. The molecule has 3 aromatic rings. The summed E-state index contributed by atoms with van der Waals surface area (Å²) in [6, 6.07) is 2.25. The number of benzene rings is 1. The van der Waals surface area contributed by atoms with Crippen LogP contribution in [0.1, 0.15) is 22.3 Å². The molecule has 98 valence electrons. The van der Waals surface area contributed by atoms with E-state index < -0.39 is 0 Å². The summed E-state index contributed by atoms with van der Waals surface area (Å²) in [6.45, 7) is 8.69. The second-order valence-corrected chi connectivity index (χ2v) is 5.91. The highest BCUT2D eigenvalue weighted by molar-refractivity contribution is 7.15. The lowest BCUT2D eigenvalue weighted by molar-refractivity contribution is 1.18. The predicted molar refractivity (Wildman–Crippen MR) is 81.9 cm³/mol. The molecule has 3 nitrogen and oxygen atoms in total. The number of thiazole rings is 1. The highest BCUT2D eigenvalue weighted by atomic mass is 32.1. The summed E-state index contributed by atoms with van der Waals surface area (Å²) < 4.78 is 2.09. The molecule has 2 N–H and O–H groups in total. The lowest BCUT2D eigenvalue weighted by Gasteiger charge is -2.14. The molecule has 0 saturated carbocycles. The fourth-order valence-electron chi connectivity index (χ4n) is 2.58. The summed E-state index contributed by atoms with van der Waals surface area (Å²) in [5.74, 6) is 0.577. The number of anilines is 1. The van der Waals surface area contributed by atoms with Gasteiger partial charge in [-0.05, 0) is 49.9 Å². The Morgan fingerprint density at radius 1 is 1.11 bits per heavy atom. The Balaban J connectivity index is 2.38. The monoisotopic (exact) mass is 271 g/mol. The number of hydrogen-bond acceptors (Lipinski definition) is 3. The molecular weight excluding hydrogens is 254 g/mol. The third-order valence-electron chi connectivity index (χ3n) is 3.85. The Morgan fingerprint density at radius 2 is 1.74 bits per heavy atom. The van der Waals surface area contributed by atoms with Crippen LogP contribution < -0.4 is 5.73 Å². The standard InChI is InChI=1S/C15H17N3S/c1-8-5-9(2)11(4)14(10(8)3)12-7-19-15-17-13(16)6-18(12)15/h5-7H,16H2,1-4H3. The van der Waals surface area contributed by atoms with E-state index in [4.69, 9.17) is 5.73 Å². The summed E-state index contributed by atoms with van der Waals surface area (Å²) >= 11 is 1.63. The van der Waals surface area contributed by atoms with E-state index in [1.165, 1.54) is 33.5 Å². The first kappa shape index (κ1) is 12.2. The van der Waals surface area contributed by atoms with Crippen molar-refractivity contribution in [3.05, 3.63) is 39.9 Å². The number of nitrogens with two attached hydrogens (primary N) is 1. The van der Waals surface area contributed by atoms with Crippen LogP contribution >= 0.6 is 11.3 Å². The zero-order chi connectivity index (χ0) is 13.7. The maximum Gasteiger partial charge on any atom is 0.196 e. The van der Waals surface area contributed by atoms with Gasteiger partial charge in [0.15, 0.2) is 4.96 Å². The number of aryl methyl sites for hydroxylation is 2. The molecule has 3 rings (SSSR count). The van der Waals surface area contributed by atoms with Gasteiger partial charge in [-0.3, -0.25) is 4.40 Å². The van der Waals surface area contributed by atoms with Crippen LogP contribution in [0.15, 0.2) is 17.6 Å². The molecule has 0 spiro atoms. The van der Waals surface area contributed by atoms with Crippen LogP contribution in [0.4, 0.5) is 5.82 Å². The number of hydrogen-bond donors (Lipinski definition) is 1. The van der Waals surface area contributed by atoms with Gasteiger partial charge >= 0.3 is 0 Å². The van der Waals surface area contributed by atoms with Crippen molar-refractivity contribution in [3.8, 4) is 11.3 Å².